The Hall–Kier alpha value is -4.13. The number of amides is 1. The number of para-hydroxylation sites is 1. The molecule has 2 aromatic carbocycles. The van der Waals surface area contributed by atoms with E-state index < -0.39 is 5.97 Å². The van der Waals surface area contributed by atoms with Crippen LogP contribution in [0.25, 0.3) is 10.9 Å². The normalized spacial score (nSPS) is 11.7. The molecule has 7 nitrogen and oxygen atoms in total. The Bertz CT molecular complexity index is 1260. The molecular formula is C25H24N4O3. The van der Waals surface area contributed by atoms with Gasteiger partial charge in [0.25, 0.3) is 5.91 Å². The lowest BCUT2D eigenvalue weighted by Crippen LogP contribution is -2.29. The Labute approximate surface area is 186 Å². The van der Waals surface area contributed by atoms with Gasteiger partial charge in [-0.2, -0.15) is 0 Å². The van der Waals surface area contributed by atoms with Gasteiger partial charge in [-0.1, -0.05) is 36.4 Å². The minimum absolute atomic E-state index is 0.216. The highest BCUT2D eigenvalue weighted by Gasteiger charge is 2.23. The molecule has 0 fully saturated rings. The summed E-state index contributed by atoms with van der Waals surface area (Å²) >= 11 is 0. The van der Waals surface area contributed by atoms with Crippen LogP contribution < -0.4 is 10.6 Å². The SMILES string of the molecule is COC(=O)c1ccc(C(C)NC(=O)c2c(Nc3ccccn3)c3ccccc3n2C)cc1. The maximum absolute atomic E-state index is 13.4. The number of hydrogen-bond acceptors (Lipinski definition) is 5. The van der Waals surface area contributed by atoms with E-state index in [-0.39, 0.29) is 11.9 Å². The Morgan fingerprint density at radius 1 is 1.00 bits per heavy atom. The molecule has 1 amide bonds. The van der Waals surface area contributed by atoms with Gasteiger partial charge in [0.2, 0.25) is 0 Å². The van der Waals surface area contributed by atoms with Crippen molar-refractivity contribution >= 4 is 34.3 Å². The van der Waals surface area contributed by atoms with E-state index in [4.69, 9.17) is 4.74 Å². The number of benzene rings is 2. The van der Waals surface area contributed by atoms with Crippen LogP contribution in [-0.4, -0.2) is 28.5 Å². The summed E-state index contributed by atoms with van der Waals surface area (Å²) in [5.74, 6) is 0.0463. The van der Waals surface area contributed by atoms with Gasteiger partial charge in [-0.05, 0) is 42.8 Å². The molecule has 2 aromatic heterocycles. The van der Waals surface area contributed by atoms with Crippen molar-refractivity contribution in [1.82, 2.24) is 14.9 Å². The van der Waals surface area contributed by atoms with Crippen molar-refractivity contribution in [2.24, 2.45) is 7.05 Å². The second kappa shape index (κ2) is 8.93. The van der Waals surface area contributed by atoms with Crippen LogP contribution in [0, 0.1) is 0 Å². The van der Waals surface area contributed by atoms with Crippen molar-refractivity contribution in [1.29, 1.82) is 0 Å². The van der Waals surface area contributed by atoms with E-state index in [1.807, 2.05) is 73.1 Å². The zero-order valence-corrected chi connectivity index (χ0v) is 18.1. The van der Waals surface area contributed by atoms with E-state index in [9.17, 15) is 9.59 Å². The maximum Gasteiger partial charge on any atom is 0.337 e. The summed E-state index contributed by atoms with van der Waals surface area (Å²) < 4.78 is 6.62. The Balaban J connectivity index is 1.65. The minimum Gasteiger partial charge on any atom is -0.465 e. The largest absolute Gasteiger partial charge is 0.465 e. The van der Waals surface area contributed by atoms with Gasteiger partial charge >= 0.3 is 5.97 Å². The fraction of sp³-hybridized carbons (Fsp3) is 0.160. The molecular weight excluding hydrogens is 404 g/mol. The third-order valence-corrected chi connectivity index (χ3v) is 5.42. The van der Waals surface area contributed by atoms with Gasteiger partial charge in [0.1, 0.15) is 11.5 Å². The van der Waals surface area contributed by atoms with Gasteiger partial charge < -0.3 is 19.9 Å². The monoisotopic (exact) mass is 428 g/mol. The summed E-state index contributed by atoms with van der Waals surface area (Å²) in [5.41, 5.74) is 3.49. The van der Waals surface area contributed by atoms with Crippen molar-refractivity contribution in [2.75, 3.05) is 12.4 Å². The van der Waals surface area contributed by atoms with Crippen molar-refractivity contribution in [3.8, 4) is 0 Å². The van der Waals surface area contributed by atoms with E-state index in [0.717, 1.165) is 16.5 Å². The summed E-state index contributed by atoms with van der Waals surface area (Å²) in [7, 11) is 3.22. The molecule has 0 aliphatic carbocycles. The number of nitrogens with one attached hydrogen (secondary N) is 2. The third-order valence-electron chi connectivity index (χ3n) is 5.42. The maximum atomic E-state index is 13.4. The average molecular weight is 428 g/mol. The predicted octanol–water partition coefficient (Wildman–Crippen LogP) is 4.59. The molecule has 0 radical (unpaired) electrons. The average Bonchev–Trinajstić information content (AvgIpc) is 3.11. The first kappa shape index (κ1) is 21.1. The standard InChI is InChI=1S/C25H24N4O3/c1-16(17-11-13-18(14-12-17)25(31)32-3)27-24(30)23-22(28-21-10-6-7-15-26-21)19-8-4-5-9-20(19)29(23)2/h4-16H,1-3H3,(H,26,28)(H,27,30). The number of carbonyl (C=O) groups is 2. The van der Waals surface area contributed by atoms with Gasteiger partial charge in [0.15, 0.2) is 0 Å². The summed E-state index contributed by atoms with van der Waals surface area (Å²) in [6.45, 7) is 1.90. The zero-order valence-electron chi connectivity index (χ0n) is 18.1. The zero-order chi connectivity index (χ0) is 22.7. The minimum atomic E-state index is -0.394. The first-order valence-electron chi connectivity index (χ1n) is 10.2. The molecule has 0 aliphatic rings. The second-order valence-corrected chi connectivity index (χ2v) is 7.45. The Kier molecular flexibility index (Phi) is 5.89. The van der Waals surface area contributed by atoms with Crippen LogP contribution in [0.2, 0.25) is 0 Å². The summed E-state index contributed by atoms with van der Waals surface area (Å²) in [4.78, 5) is 29.4. The van der Waals surface area contributed by atoms with E-state index in [1.165, 1.54) is 7.11 Å². The van der Waals surface area contributed by atoms with Crippen LogP contribution in [0.1, 0.15) is 39.4 Å². The van der Waals surface area contributed by atoms with Gasteiger partial charge in [0.05, 0.1) is 29.9 Å². The van der Waals surface area contributed by atoms with Crippen LogP contribution in [0.5, 0.6) is 0 Å². The number of fused-ring (bicyclic) bond motifs is 1. The fourth-order valence-corrected chi connectivity index (χ4v) is 3.72. The second-order valence-electron chi connectivity index (χ2n) is 7.45. The molecule has 7 heteroatoms. The van der Waals surface area contributed by atoms with E-state index >= 15 is 0 Å². The van der Waals surface area contributed by atoms with Crippen LogP contribution in [0.4, 0.5) is 11.5 Å². The highest BCUT2D eigenvalue weighted by atomic mass is 16.5. The molecule has 1 atom stereocenters. The number of aryl methyl sites for hydroxylation is 1. The molecule has 162 valence electrons. The van der Waals surface area contributed by atoms with E-state index in [0.29, 0.717) is 22.8 Å². The number of aromatic nitrogens is 2. The van der Waals surface area contributed by atoms with Crippen molar-refractivity contribution < 1.29 is 14.3 Å². The van der Waals surface area contributed by atoms with Gasteiger partial charge in [-0.3, -0.25) is 4.79 Å². The number of esters is 1. The van der Waals surface area contributed by atoms with Crippen molar-refractivity contribution in [2.45, 2.75) is 13.0 Å². The molecule has 0 aliphatic heterocycles. The number of nitrogens with zero attached hydrogens (tertiary/aromatic N) is 2. The number of hydrogen-bond donors (Lipinski definition) is 2. The quantitative estimate of drug-likeness (QED) is 0.439. The van der Waals surface area contributed by atoms with Crippen LogP contribution >= 0.6 is 0 Å². The first-order valence-corrected chi connectivity index (χ1v) is 10.2. The molecule has 1 unspecified atom stereocenters. The molecule has 2 N–H and O–H groups in total. The molecule has 32 heavy (non-hydrogen) atoms. The molecule has 0 saturated heterocycles. The smallest absolute Gasteiger partial charge is 0.337 e. The highest BCUT2D eigenvalue weighted by molar-refractivity contribution is 6.09. The van der Waals surface area contributed by atoms with Crippen molar-refractivity contribution in [3.05, 3.63) is 89.7 Å². The van der Waals surface area contributed by atoms with E-state index in [1.54, 1.807) is 18.3 Å². The summed E-state index contributed by atoms with van der Waals surface area (Å²) in [6, 6.07) is 20.2. The molecule has 2 heterocycles. The molecule has 0 spiro atoms. The Morgan fingerprint density at radius 2 is 1.72 bits per heavy atom. The topological polar surface area (TPSA) is 85.2 Å². The Morgan fingerprint density at radius 3 is 2.41 bits per heavy atom. The lowest BCUT2D eigenvalue weighted by atomic mass is 10.1. The lowest BCUT2D eigenvalue weighted by Gasteiger charge is -2.16. The number of anilines is 2. The van der Waals surface area contributed by atoms with Gasteiger partial charge in [-0.25, -0.2) is 9.78 Å². The number of pyridine rings is 1. The number of rotatable bonds is 6. The number of ether oxygens (including phenoxy) is 1. The number of carbonyl (C=O) groups excluding carboxylic acids is 2. The predicted molar refractivity (Wildman–Crippen MR) is 124 cm³/mol. The van der Waals surface area contributed by atoms with Crippen LogP contribution in [-0.2, 0) is 11.8 Å². The fourth-order valence-electron chi connectivity index (χ4n) is 3.72. The van der Waals surface area contributed by atoms with E-state index in [2.05, 4.69) is 15.6 Å². The van der Waals surface area contributed by atoms with Gasteiger partial charge in [-0.15, -0.1) is 0 Å². The molecule has 4 aromatic rings. The molecule has 4 rings (SSSR count). The highest BCUT2D eigenvalue weighted by Crippen LogP contribution is 2.32. The molecule has 0 bridgehead atoms. The van der Waals surface area contributed by atoms with Gasteiger partial charge in [0, 0.05) is 18.6 Å². The van der Waals surface area contributed by atoms with Crippen LogP contribution in [0.3, 0.4) is 0 Å². The van der Waals surface area contributed by atoms with Crippen molar-refractivity contribution in [3.63, 3.8) is 0 Å². The third kappa shape index (κ3) is 4.05. The van der Waals surface area contributed by atoms with Crippen LogP contribution in [0.15, 0.2) is 72.9 Å². The lowest BCUT2D eigenvalue weighted by molar-refractivity contribution is 0.0600. The summed E-state index contributed by atoms with van der Waals surface area (Å²) in [5, 5.41) is 7.31. The first-order chi connectivity index (χ1) is 15.5. The summed E-state index contributed by atoms with van der Waals surface area (Å²) in [6.07, 6.45) is 1.70. The number of methoxy groups -OCH3 is 1. The molecule has 0 saturated carbocycles.